The van der Waals surface area contributed by atoms with Crippen molar-refractivity contribution in [3.8, 4) is 0 Å². The van der Waals surface area contributed by atoms with Gasteiger partial charge in [0.25, 0.3) is 0 Å². The van der Waals surface area contributed by atoms with Crippen LogP contribution in [0, 0.1) is 0 Å². The van der Waals surface area contributed by atoms with Gasteiger partial charge in [0.2, 0.25) is 10.0 Å². The molecular weight excluding hydrogens is 399 g/mol. The van der Waals surface area contributed by atoms with E-state index in [4.69, 9.17) is 11.6 Å². The summed E-state index contributed by atoms with van der Waals surface area (Å²) in [5.74, 6) is 0. The Kier molecular flexibility index (Phi) is 5.60. The van der Waals surface area contributed by atoms with Gasteiger partial charge in [-0.25, -0.2) is 13.1 Å². The largest absolute Gasteiger partial charge is 0.311 e. The highest BCUT2D eigenvalue weighted by Crippen LogP contribution is 2.31. The standard InChI is InChI=1S/C13H16BrClN2O2S.ClH/c14-11-2-1-3-12(15)13(11)20(18,19)17-10-6-8-4-5-9(7-10)16-8;/h1-3,8-10,16-17H,4-7H2;1H. The topological polar surface area (TPSA) is 58.2 Å². The van der Waals surface area contributed by atoms with Gasteiger partial charge in [-0.15, -0.1) is 12.4 Å². The van der Waals surface area contributed by atoms with Crippen LogP contribution in [0.2, 0.25) is 5.02 Å². The lowest BCUT2D eigenvalue weighted by molar-refractivity contribution is 0.345. The van der Waals surface area contributed by atoms with Crippen molar-refractivity contribution in [2.24, 2.45) is 0 Å². The van der Waals surface area contributed by atoms with Gasteiger partial charge in [-0.05, 0) is 53.7 Å². The first-order valence-corrected chi connectivity index (χ1v) is 9.33. The van der Waals surface area contributed by atoms with Crippen molar-refractivity contribution in [3.63, 3.8) is 0 Å². The highest BCUT2D eigenvalue weighted by atomic mass is 79.9. The third-order valence-corrected chi connectivity index (χ3v) is 6.95. The number of nitrogens with one attached hydrogen (secondary N) is 2. The van der Waals surface area contributed by atoms with E-state index < -0.39 is 10.0 Å². The first-order valence-electron chi connectivity index (χ1n) is 6.68. The molecule has 2 aliphatic heterocycles. The Morgan fingerprint density at radius 1 is 1.24 bits per heavy atom. The fourth-order valence-corrected chi connectivity index (χ4v) is 6.17. The van der Waals surface area contributed by atoms with Gasteiger partial charge in [0.1, 0.15) is 4.90 Å². The molecule has 0 radical (unpaired) electrons. The number of rotatable bonds is 3. The van der Waals surface area contributed by atoms with Gasteiger partial charge in [-0.2, -0.15) is 0 Å². The zero-order valence-corrected chi connectivity index (χ0v) is 15.2. The second-order valence-electron chi connectivity index (χ2n) is 5.48. The molecule has 3 rings (SSSR count). The van der Waals surface area contributed by atoms with E-state index in [9.17, 15) is 8.42 Å². The van der Waals surface area contributed by atoms with E-state index in [0.29, 0.717) is 16.6 Å². The van der Waals surface area contributed by atoms with Gasteiger partial charge in [0.15, 0.2) is 0 Å². The highest BCUT2D eigenvalue weighted by Gasteiger charge is 2.36. The van der Waals surface area contributed by atoms with Gasteiger partial charge in [-0.3, -0.25) is 0 Å². The van der Waals surface area contributed by atoms with Crippen molar-refractivity contribution in [1.29, 1.82) is 0 Å². The molecule has 2 bridgehead atoms. The lowest BCUT2D eigenvalue weighted by Gasteiger charge is -2.29. The van der Waals surface area contributed by atoms with E-state index >= 15 is 0 Å². The molecule has 118 valence electrons. The molecule has 21 heavy (non-hydrogen) atoms. The molecule has 2 unspecified atom stereocenters. The maximum absolute atomic E-state index is 12.5. The van der Waals surface area contributed by atoms with E-state index in [2.05, 4.69) is 26.0 Å². The Morgan fingerprint density at radius 3 is 2.43 bits per heavy atom. The molecule has 2 aliphatic rings. The molecule has 0 saturated carbocycles. The van der Waals surface area contributed by atoms with Crippen molar-refractivity contribution >= 4 is 50.0 Å². The summed E-state index contributed by atoms with van der Waals surface area (Å²) in [7, 11) is -3.60. The maximum atomic E-state index is 12.5. The lowest BCUT2D eigenvalue weighted by Crippen LogP contribution is -2.48. The SMILES string of the molecule is Cl.O=S(=O)(NC1CC2CCC(C1)N2)c1c(Cl)cccc1Br. The average molecular weight is 416 g/mol. The van der Waals surface area contributed by atoms with Crippen LogP contribution in [0.3, 0.4) is 0 Å². The number of halogens is 3. The van der Waals surface area contributed by atoms with Crippen molar-refractivity contribution < 1.29 is 8.42 Å². The Bertz CT molecular complexity index is 594. The van der Waals surface area contributed by atoms with Crippen LogP contribution in [0.25, 0.3) is 0 Å². The number of sulfonamides is 1. The van der Waals surface area contributed by atoms with Crippen LogP contribution >= 0.6 is 39.9 Å². The smallest absolute Gasteiger partial charge is 0.243 e. The van der Waals surface area contributed by atoms with Gasteiger partial charge < -0.3 is 5.32 Å². The molecule has 0 amide bonds. The van der Waals surface area contributed by atoms with Crippen LogP contribution in [0.15, 0.2) is 27.6 Å². The van der Waals surface area contributed by atoms with Crippen molar-refractivity contribution in [3.05, 3.63) is 27.7 Å². The minimum absolute atomic E-state index is 0. The Labute approximate surface area is 144 Å². The van der Waals surface area contributed by atoms with Crippen molar-refractivity contribution in [2.75, 3.05) is 0 Å². The first-order chi connectivity index (χ1) is 9.45. The average Bonchev–Trinajstić information content (AvgIpc) is 2.67. The van der Waals surface area contributed by atoms with Crippen LogP contribution in [-0.2, 0) is 10.0 Å². The summed E-state index contributed by atoms with van der Waals surface area (Å²) in [6.07, 6.45) is 3.97. The summed E-state index contributed by atoms with van der Waals surface area (Å²) in [6.45, 7) is 0. The third-order valence-electron chi connectivity index (χ3n) is 3.98. The molecule has 1 aromatic rings. The molecule has 2 N–H and O–H groups in total. The van der Waals surface area contributed by atoms with Crippen LogP contribution in [0.4, 0.5) is 0 Å². The zero-order valence-electron chi connectivity index (χ0n) is 11.2. The number of piperidine rings is 1. The van der Waals surface area contributed by atoms with Gasteiger partial charge in [-0.1, -0.05) is 17.7 Å². The molecular formula is C13H17BrCl2N2O2S. The molecule has 2 saturated heterocycles. The second-order valence-corrected chi connectivity index (χ2v) is 8.39. The quantitative estimate of drug-likeness (QED) is 0.797. The number of benzene rings is 1. The number of hydrogen-bond acceptors (Lipinski definition) is 3. The fraction of sp³-hybridized carbons (Fsp3) is 0.538. The predicted octanol–water partition coefficient (Wildman–Crippen LogP) is 3.09. The summed E-state index contributed by atoms with van der Waals surface area (Å²) >= 11 is 9.31. The molecule has 2 fully saturated rings. The minimum atomic E-state index is -3.60. The van der Waals surface area contributed by atoms with E-state index in [0.717, 1.165) is 25.7 Å². The highest BCUT2D eigenvalue weighted by molar-refractivity contribution is 9.10. The zero-order chi connectivity index (χ0) is 14.3. The molecule has 0 aromatic heterocycles. The van der Waals surface area contributed by atoms with Gasteiger partial charge in [0.05, 0.1) is 5.02 Å². The minimum Gasteiger partial charge on any atom is -0.311 e. The molecule has 0 aliphatic carbocycles. The Balaban J connectivity index is 0.00000161. The lowest BCUT2D eigenvalue weighted by atomic mass is 10.0. The normalized spacial score (nSPS) is 28.2. The summed E-state index contributed by atoms with van der Waals surface area (Å²) in [5, 5.41) is 3.74. The van der Waals surface area contributed by atoms with E-state index in [-0.39, 0.29) is 28.4 Å². The van der Waals surface area contributed by atoms with E-state index in [1.54, 1.807) is 18.2 Å². The Morgan fingerprint density at radius 2 is 1.86 bits per heavy atom. The summed E-state index contributed by atoms with van der Waals surface area (Å²) in [5.41, 5.74) is 0. The number of fused-ring (bicyclic) bond motifs is 2. The first kappa shape index (κ1) is 17.5. The molecule has 0 spiro atoms. The molecule has 2 atom stereocenters. The fourth-order valence-electron chi connectivity index (χ4n) is 3.17. The van der Waals surface area contributed by atoms with Gasteiger partial charge in [0, 0.05) is 22.6 Å². The molecule has 8 heteroatoms. The van der Waals surface area contributed by atoms with Crippen molar-refractivity contribution in [1.82, 2.24) is 10.0 Å². The van der Waals surface area contributed by atoms with Gasteiger partial charge >= 0.3 is 0 Å². The molecule has 2 heterocycles. The molecule has 4 nitrogen and oxygen atoms in total. The summed E-state index contributed by atoms with van der Waals surface area (Å²) < 4.78 is 28.4. The third kappa shape index (κ3) is 3.74. The van der Waals surface area contributed by atoms with E-state index in [1.807, 2.05) is 0 Å². The van der Waals surface area contributed by atoms with Crippen LogP contribution < -0.4 is 10.0 Å². The van der Waals surface area contributed by atoms with Crippen LogP contribution in [0.5, 0.6) is 0 Å². The Hall–Kier alpha value is 0.150. The van der Waals surface area contributed by atoms with E-state index in [1.165, 1.54) is 0 Å². The van der Waals surface area contributed by atoms with Crippen molar-refractivity contribution in [2.45, 2.75) is 48.7 Å². The summed E-state index contributed by atoms with van der Waals surface area (Å²) in [4.78, 5) is 0.132. The van der Waals surface area contributed by atoms with Crippen LogP contribution in [0.1, 0.15) is 25.7 Å². The maximum Gasteiger partial charge on any atom is 0.243 e. The number of hydrogen-bond donors (Lipinski definition) is 2. The second kappa shape index (κ2) is 6.72. The monoisotopic (exact) mass is 414 g/mol. The predicted molar refractivity (Wildman–Crippen MR) is 89.7 cm³/mol. The molecule has 1 aromatic carbocycles. The summed E-state index contributed by atoms with van der Waals surface area (Å²) in [6, 6.07) is 5.87. The van der Waals surface area contributed by atoms with Crippen LogP contribution in [-0.4, -0.2) is 26.5 Å².